The van der Waals surface area contributed by atoms with E-state index >= 15 is 0 Å². The minimum atomic E-state index is -0.455. The molecule has 2 heterocycles. The molecule has 0 atom stereocenters. The Morgan fingerprint density at radius 1 is 1.61 bits per heavy atom. The van der Waals surface area contributed by atoms with Crippen molar-refractivity contribution in [1.29, 1.82) is 0 Å². The summed E-state index contributed by atoms with van der Waals surface area (Å²) in [5, 5.41) is 3.81. The van der Waals surface area contributed by atoms with E-state index in [2.05, 4.69) is 10.3 Å². The van der Waals surface area contributed by atoms with Gasteiger partial charge in [0.25, 0.3) is 5.91 Å². The summed E-state index contributed by atoms with van der Waals surface area (Å²) in [6, 6.07) is 0. The second kappa shape index (κ2) is 5.81. The highest BCUT2D eigenvalue weighted by atomic mass is 32.1. The second-order valence-corrected chi connectivity index (χ2v) is 5.19. The van der Waals surface area contributed by atoms with Crippen molar-refractivity contribution < 1.29 is 9.59 Å². The van der Waals surface area contributed by atoms with Crippen LogP contribution in [0.2, 0.25) is 0 Å². The van der Waals surface area contributed by atoms with Crippen molar-refractivity contribution >= 4 is 28.3 Å². The molecule has 0 spiro atoms. The molecule has 2 rings (SSSR count). The van der Waals surface area contributed by atoms with Gasteiger partial charge in [-0.25, -0.2) is 4.98 Å². The summed E-state index contributed by atoms with van der Waals surface area (Å²) in [6.07, 6.45) is 4.00. The number of carbonyl (C=O) groups excluding carboxylic acids is 2. The molecule has 0 bridgehead atoms. The average Bonchev–Trinajstić information content (AvgIpc) is 2.94. The highest BCUT2D eigenvalue weighted by Gasteiger charge is 2.18. The minimum Gasteiger partial charge on any atom is -0.365 e. The summed E-state index contributed by atoms with van der Waals surface area (Å²) in [5.74, 6) is -0.205. The first kappa shape index (κ1) is 12.8. The van der Waals surface area contributed by atoms with Crippen molar-refractivity contribution in [3.63, 3.8) is 0 Å². The molecule has 1 fully saturated rings. The number of amides is 2. The Bertz CT molecular complexity index is 446. The molecule has 1 aliphatic rings. The first-order chi connectivity index (χ1) is 8.66. The van der Waals surface area contributed by atoms with E-state index in [0.29, 0.717) is 16.4 Å². The molecule has 7 heteroatoms. The zero-order chi connectivity index (χ0) is 13.0. The molecule has 0 saturated carbocycles. The molecular formula is C11H16N4O2S. The number of hydrogen-bond acceptors (Lipinski definition) is 5. The van der Waals surface area contributed by atoms with Crippen LogP contribution in [-0.4, -0.2) is 41.3 Å². The van der Waals surface area contributed by atoms with Gasteiger partial charge in [0.15, 0.2) is 5.13 Å². The molecule has 1 saturated heterocycles. The SMILES string of the molecule is NC(=O)c1cnc(NCCCN2CCCC2=O)s1. The summed E-state index contributed by atoms with van der Waals surface area (Å²) in [5.41, 5.74) is 5.14. The number of anilines is 1. The lowest BCUT2D eigenvalue weighted by Crippen LogP contribution is -2.26. The summed E-state index contributed by atoms with van der Waals surface area (Å²) in [4.78, 5) is 28.6. The maximum absolute atomic E-state index is 11.4. The van der Waals surface area contributed by atoms with Crippen LogP contribution < -0.4 is 11.1 Å². The highest BCUT2D eigenvalue weighted by Crippen LogP contribution is 2.17. The number of primary amides is 1. The Hall–Kier alpha value is -1.63. The van der Waals surface area contributed by atoms with Gasteiger partial charge in [0.2, 0.25) is 5.91 Å². The highest BCUT2D eigenvalue weighted by molar-refractivity contribution is 7.17. The van der Waals surface area contributed by atoms with E-state index in [4.69, 9.17) is 5.73 Å². The van der Waals surface area contributed by atoms with E-state index in [9.17, 15) is 9.59 Å². The molecule has 0 radical (unpaired) electrons. The third-order valence-electron chi connectivity index (χ3n) is 2.80. The maximum Gasteiger partial charge on any atom is 0.260 e. The van der Waals surface area contributed by atoms with E-state index in [0.717, 1.165) is 32.5 Å². The van der Waals surface area contributed by atoms with Gasteiger partial charge >= 0.3 is 0 Å². The number of nitrogens with two attached hydrogens (primary N) is 1. The van der Waals surface area contributed by atoms with E-state index in [-0.39, 0.29) is 5.91 Å². The fourth-order valence-electron chi connectivity index (χ4n) is 1.88. The zero-order valence-electron chi connectivity index (χ0n) is 10.0. The van der Waals surface area contributed by atoms with Crippen molar-refractivity contribution in [3.8, 4) is 0 Å². The van der Waals surface area contributed by atoms with Crippen LogP contribution >= 0.6 is 11.3 Å². The van der Waals surface area contributed by atoms with E-state index in [1.54, 1.807) is 0 Å². The fourth-order valence-corrected chi connectivity index (χ4v) is 2.57. The predicted octanol–water partition coefficient (Wildman–Crippen LogP) is 0.666. The van der Waals surface area contributed by atoms with Gasteiger partial charge in [0.05, 0.1) is 6.20 Å². The molecule has 6 nitrogen and oxygen atoms in total. The average molecular weight is 268 g/mol. The van der Waals surface area contributed by atoms with Crippen molar-refractivity contribution in [1.82, 2.24) is 9.88 Å². The van der Waals surface area contributed by atoms with Crippen LogP contribution in [0.15, 0.2) is 6.20 Å². The number of thiazole rings is 1. The fraction of sp³-hybridized carbons (Fsp3) is 0.545. The summed E-state index contributed by atoms with van der Waals surface area (Å²) >= 11 is 1.25. The first-order valence-corrected chi connectivity index (χ1v) is 6.76. The molecular weight excluding hydrogens is 252 g/mol. The predicted molar refractivity (Wildman–Crippen MR) is 69.6 cm³/mol. The van der Waals surface area contributed by atoms with E-state index in [1.807, 2.05) is 4.90 Å². The van der Waals surface area contributed by atoms with Crippen LogP contribution in [0.1, 0.15) is 28.9 Å². The first-order valence-electron chi connectivity index (χ1n) is 5.94. The molecule has 0 aliphatic carbocycles. The van der Waals surface area contributed by atoms with E-state index < -0.39 is 5.91 Å². The maximum atomic E-state index is 11.4. The smallest absolute Gasteiger partial charge is 0.260 e. The van der Waals surface area contributed by atoms with Crippen LogP contribution in [0.25, 0.3) is 0 Å². The lowest BCUT2D eigenvalue weighted by molar-refractivity contribution is -0.127. The largest absolute Gasteiger partial charge is 0.365 e. The molecule has 2 amide bonds. The number of likely N-dealkylation sites (tertiary alicyclic amines) is 1. The number of nitrogens with one attached hydrogen (secondary N) is 1. The third-order valence-corrected chi connectivity index (χ3v) is 3.77. The van der Waals surface area contributed by atoms with Crippen LogP contribution in [0.5, 0.6) is 0 Å². The van der Waals surface area contributed by atoms with Gasteiger partial charge in [-0.15, -0.1) is 0 Å². The van der Waals surface area contributed by atoms with Crippen LogP contribution in [0, 0.1) is 0 Å². The van der Waals surface area contributed by atoms with Gasteiger partial charge in [-0.3, -0.25) is 9.59 Å². The Balaban J connectivity index is 1.68. The number of carbonyl (C=O) groups is 2. The van der Waals surface area contributed by atoms with Crippen LogP contribution in [-0.2, 0) is 4.79 Å². The number of aromatic nitrogens is 1. The van der Waals surface area contributed by atoms with Gasteiger partial charge in [-0.2, -0.15) is 0 Å². The summed E-state index contributed by atoms with van der Waals surface area (Å²) in [7, 11) is 0. The van der Waals surface area contributed by atoms with Crippen molar-refractivity contribution in [2.45, 2.75) is 19.3 Å². The van der Waals surface area contributed by atoms with Gasteiger partial charge in [0.1, 0.15) is 4.88 Å². The Morgan fingerprint density at radius 2 is 2.44 bits per heavy atom. The number of rotatable bonds is 6. The standard InChI is InChI=1S/C11H16N4O2S/c12-10(17)8-7-14-11(18-8)13-4-2-6-15-5-1-3-9(15)16/h7H,1-6H2,(H2,12,17)(H,13,14). The Morgan fingerprint density at radius 3 is 3.06 bits per heavy atom. The van der Waals surface area contributed by atoms with Gasteiger partial charge < -0.3 is 16.0 Å². The summed E-state index contributed by atoms with van der Waals surface area (Å²) in [6.45, 7) is 2.39. The van der Waals surface area contributed by atoms with Gasteiger partial charge in [-0.1, -0.05) is 11.3 Å². The zero-order valence-corrected chi connectivity index (χ0v) is 10.8. The molecule has 1 aromatic heterocycles. The van der Waals surface area contributed by atoms with Crippen molar-refractivity contribution in [3.05, 3.63) is 11.1 Å². The Labute approximate surface area is 109 Å². The molecule has 1 aromatic rings. The second-order valence-electron chi connectivity index (χ2n) is 4.16. The quantitative estimate of drug-likeness (QED) is 0.742. The van der Waals surface area contributed by atoms with Crippen molar-refractivity contribution in [2.24, 2.45) is 5.73 Å². The normalized spacial score (nSPS) is 15.1. The molecule has 3 N–H and O–H groups in total. The van der Waals surface area contributed by atoms with Gasteiger partial charge in [0, 0.05) is 26.1 Å². The van der Waals surface area contributed by atoms with Crippen LogP contribution in [0.3, 0.4) is 0 Å². The Kier molecular flexibility index (Phi) is 4.14. The molecule has 98 valence electrons. The number of nitrogens with zero attached hydrogens (tertiary/aromatic N) is 2. The molecule has 0 aromatic carbocycles. The topological polar surface area (TPSA) is 88.3 Å². The number of hydrogen-bond donors (Lipinski definition) is 2. The minimum absolute atomic E-state index is 0.250. The third kappa shape index (κ3) is 3.19. The molecule has 18 heavy (non-hydrogen) atoms. The van der Waals surface area contributed by atoms with E-state index in [1.165, 1.54) is 17.5 Å². The van der Waals surface area contributed by atoms with Crippen LogP contribution in [0.4, 0.5) is 5.13 Å². The summed E-state index contributed by atoms with van der Waals surface area (Å²) < 4.78 is 0. The molecule has 1 aliphatic heterocycles. The monoisotopic (exact) mass is 268 g/mol. The lowest BCUT2D eigenvalue weighted by atomic mass is 10.4. The molecule has 0 unspecified atom stereocenters. The van der Waals surface area contributed by atoms with Gasteiger partial charge in [-0.05, 0) is 12.8 Å². The van der Waals surface area contributed by atoms with Crippen molar-refractivity contribution in [2.75, 3.05) is 25.0 Å². The lowest BCUT2D eigenvalue weighted by Gasteiger charge is -2.14.